The van der Waals surface area contributed by atoms with Crippen LogP contribution in [-0.4, -0.2) is 33.9 Å². The molecule has 5 nitrogen and oxygen atoms in total. The summed E-state index contributed by atoms with van der Waals surface area (Å²) in [4.78, 5) is 22.9. The molecule has 0 spiro atoms. The van der Waals surface area contributed by atoms with Gasteiger partial charge in [0.1, 0.15) is 0 Å². The third kappa shape index (κ3) is 4.60. The number of aromatic nitrogens is 2. The van der Waals surface area contributed by atoms with Crippen LogP contribution in [0.4, 0.5) is 0 Å². The Hall–Kier alpha value is -2.27. The number of likely N-dealkylation sites (tertiary alicyclic amines) is 1. The Balaban J connectivity index is 1.42. The molecule has 1 aliphatic rings. The quantitative estimate of drug-likeness (QED) is 0.918. The fraction of sp³-hybridized carbons (Fsp3) is 0.389. The number of nitrogens with one attached hydrogen (secondary N) is 1. The van der Waals surface area contributed by atoms with Crippen LogP contribution in [0, 0.1) is 5.92 Å². The molecule has 0 radical (unpaired) electrons. The predicted molar refractivity (Wildman–Crippen MR) is 88.3 cm³/mol. The first-order valence-corrected chi connectivity index (χ1v) is 8.09. The van der Waals surface area contributed by atoms with Crippen molar-refractivity contribution < 1.29 is 4.79 Å². The van der Waals surface area contributed by atoms with Crippen molar-refractivity contribution in [2.24, 2.45) is 5.92 Å². The van der Waals surface area contributed by atoms with Gasteiger partial charge < -0.3 is 5.32 Å². The zero-order valence-electron chi connectivity index (χ0n) is 13.2. The summed E-state index contributed by atoms with van der Waals surface area (Å²) in [6.45, 7) is 3.39. The van der Waals surface area contributed by atoms with Crippen molar-refractivity contribution in [3.05, 3.63) is 60.2 Å². The van der Waals surface area contributed by atoms with E-state index >= 15 is 0 Å². The number of carbonyl (C=O) groups excluding carboxylic acids is 1. The lowest BCUT2D eigenvalue weighted by Gasteiger charge is -2.31. The molecule has 0 atom stereocenters. The maximum absolute atomic E-state index is 12.3. The van der Waals surface area contributed by atoms with Gasteiger partial charge in [0, 0.05) is 43.8 Å². The average molecular weight is 310 g/mol. The zero-order chi connectivity index (χ0) is 15.9. The molecule has 1 fully saturated rings. The maximum Gasteiger partial charge on any atom is 0.223 e. The number of piperidine rings is 1. The molecule has 120 valence electrons. The maximum atomic E-state index is 12.3. The molecule has 0 aliphatic carbocycles. The van der Waals surface area contributed by atoms with Crippen LogP contribution >= 0.6 is 0 Å². The minimum absolute atomic E-state index is 0.122. The Morgan fingerprint density at radius 3 is 2.35 bits per heavy atom. The molecule has 1 N–H and O–H groups in total. The molecule has 23 heavy (non-hydrogen) atoms. The second-order valence-corrected chi connectivity index (χ2v) is 5.99. The Morgan fingerprint density at radius 2 is 1.74 bits per heavy atom. The largest absolute Gasteiger partial charge is 0.352 e. The van der Waals surface area contributed by atoms with Crippen molar-refractivity contribution in [3.8, 4) is 0 Å². The molecule has 2 aromatic rings. The van der Waals surface area contributed by atoms with Gasteiger partial charge in [-0.25, -0.2) is 0 Å². The van der Waals surface area contributed by atoms with Gasteiger partial charge in [0.2, 0.25) is 5.91 Å². The third-order valence-electron chi connectivity index (χ3n) is 4.28. The fourth-order valence-corrected chi connectivity index (χ4v) is 2.94. The summed E-state index contributed by atoms with van der Waals surface area (Å²) in [6, 6.07) is 7.93. The van der Waals surface area contributed by atoms with Crippen molar-refractivity contribution in [1.82, 2.24) is 20.2 Å². The van der Waals surface area contributed by atoms with E-state index in [0.717, 1.165) is 38.0 Å². The monoisotopic (exact) mass is 310 g/mol. The lowest BCUT2D eigenvalue weighted by atomic mass is 9.95. The first-order valence-electron chi connectivity index (χ1n) is 8.09. The van der Waals surface area contributed by atoms with Gasteiger partial charge in [0.25, 0.3) is 0 Å². The molecule has 3 rings (SSSR count). The second kappa shape index (κ2) is 7.83. The molecule has 1 saturated heterocycles. The minimum atomic E-state index is 0.122. The van der Waals surface area contributed by atoms with E-state index in [4.69, 9.17) is 0 Å². The SMILES string of the molecule is O=C(NCc1cccnc1)C1CCN(Cc2cccnc2)CC1. The number of amides is 1. The first kappa shape index (κ1) is 15.6. The van der Waals surface area contributed by atoms with E-state index in [1.165, 1.54) is 5.56 Å². The normalized spacial score (nSPS) is 16.2. The van der Waals surface area contributed by atoms with Crippen LogP contribution in [0.5, 0.6) is 0 Å². The summed E-state index contributed by atoms with van der Waals surface area (Å²) in [7, 11) is 0. The van der Waals surface area contributed by atoms with E-state index in [-0.39, 0.29) is 11.8 Å². The van der Waals surface area contributed by atoms with Gasteiger partial charge in [-0.2, -0.15) is 0 Å². The Kier molecular flexibility index (Phi) is 5.32. The highest BCUT2D eigenvalue weighted by Crippen LogP contribution is 2.19. The Labute approximate surface area is 136 Å². The molecule has 0 unspecified atom stereocenters. The van der Waals surface area contributed by atoms with Crippen LogP contribution in [0.3, 0.4) is 0 Å². The molecular formula is C18H22N4O. The van der Waals surface area contributed by atoms with Crippen LogP contribution in [0.25, 0.3) is 0 Å². The van der Waals surface area contributed by atoms with E-state index in [2.05, 4.69) is 26.3 Å². The van der Waals surface area contributed by atoms with Crippen molar-refractivity contribution >= 4 is 5.91 Å². The second-order valence-electron chi connectivity index (χ2n) is 5.99. The van der Waals surface area contributed by atoms with E-state index in [9.17, 15) is 4.79 Å². The average Bonchev–Trinajstić information content (AvgIpc) is 2.62. The molecule has 1 amide bonds. The molecule has 5 heteroatoms. The van der Waals surface area contributed by atoms with Crippen LogP contribution in [-0.2, 0) is 17.9 Å². The summed E-state index contributed by atoms with van der Waals surface area (Å²) in [5.41, 5.74) is 2.27. The Morgan fingerprint density at radius 1 is 1.09 bits per heavy atom. The number of nitrogens with zero attached hydrogens (tertiary/aromatic N) is 3. The number of pyridine rings is 2. The fourth-order valence-electron chi connectivity index (χ4n) is 2.94. The lowest BCUT2D eigenvalue weighted by Crippen LogP contribution is -2.40. The highest BCUT2D eigenvalue weighted by atomic mass is 16.1. The standard InChI is InChI=1S/C18H22N4O/c23-18(21-13-15-3-1-7-19-11-15)17-5-9-22(10-6-17)14-16-4-2-8-20-12-16/h1-4,7-8,11-12,17H,5-6,9-10,13-14H2,(H,21,23). The molecule has 0 bridgehead atoms. The van der Waals surface area contributed by atoms with Gasteiger partial charge in [0.05, 0.1) is 0 Å². The van der Waals surface area contributed by atoms with Crippen LogP contribution in [0.15, 0.2) is 49.1 Å². The van der Waals surface area contributed by atoms with Gasteiger partial charge >= 0.3 is 0 Å². The molecule has 1 aliphatic heterocycles. The number of hydrogen-bond donors (Lipinski definition) is 1. The first-order chi connectivity index (χ1) is 11.3. The Bertz CT molecular complexity index is 609. The highest BCUT2D eigenvalue weighted by molar-refractivity contribution is 5.78. The van der Waals surface area contributed by atoms with Crippen LogP contribution < -0.4 is 5.32 Å². The highest BCUT2D eigenvalue weighted by Gasteiger charge is 2.24. The summed E-state index contributed by atoms with van der Waals surface area (Å²) < 4.78 is 0. The van der Waals surface area contributed by atoms with E-state index in [1.54, 1.807) is 18.6 Å². The molecule has 2 aromatic heterocycles. The van der Waals surface area contributed by atoms with E-state index in [0.29, 0.717) is 6.54 Å². The van der Waals surface area contributed by atoms with Crippen molar-refractivity contribution in [2.75, 3.05) is 13.1 Å². The summed E-state index contributed by atoms with van der Waals surface area (Å²) in [6.07, 6.45) is 9.06. The lowest BCUT2D eigenvalue weighted by molar-refractivity contribution is -0.126. The van der Waals surface area contributed by atoms with Crippen molar-refractivity contribution in [3.63, 3.8) is 0 Å². The van der Waals surface area contributed by atoms with Gasteiger partial charge in [-0.1, -0.05) is 12.1 Å². The minimum Gasteiger partial charge on any atom is -0.352 e. The van der Waals surface area contributed by atoms with Crippen LogP contribution in [0.2, 0.25) is 0 Å². The smallest absolute Gasteiger partial charge is 0.223 e. The van der Waals surface area contributed by atoms with Gasteiger partial charge in [-0.15, -0.1) is 0 Å². The topological polar surface area (TPSA) is 58.1 Å². The van der Waals surface area contributed by atoms with E-state index in [1.807, 2.05) is 24.4 Å². The summed E-state index contributed by atoms with van der Waals surface area (Å²) in [5.74, 6) is 0.284. The molecule has 0 aromatic carbocycles. The molecule has 3 heterocycles. The van der Waals surface area contributed by atoms with Crippen molar-refractivity contribution in [1.29, 1.82) is 0 Å². The van der Waals surface area contributed by atoms with Gasteiger partial charge in [0.15, 0.2) is 0 Å². The summed E-state index contributed by atoms with van der Waals surface area (Å²) >= 11 is 0. The van der Waals surface area contributed by atoms with Gasteiger partial charge in [-0.3, -0.25) is 19.7 Å². The number of rotatable bonds is 5. The number of hydrogen-bond acceptors (Lipinski definition) is 4. The molecule has 0 saturated carbocycles. The van der Waals surface area contributed by atoms with Gasteiger partial charge in [-0.05, 0) is 49.2 Å². The number of carbonyl (C=O) groups is 1. The third-order valence-corrected chi connectivity index (χ3v) is 4.28. The molecular weight excluding hydrogens is 288 g/mol. The zero-order valence-corrected chi connectivity index (χ0v) is 13.2. The van der Waals surface area contributed by atoms with E-state index < -0.39 is 0 Å². The predicted octanol–water partition coefficient (Wildman–Crippen LogP) is 2.00. The van der Waals surface area contributed by atoms with Crippen molar-refractivity contribution in [2.45, 2.75) is 25.9 Å². The van der Waals surface area contributed by atoms with Crippen LogP contribution in [0.1, 0.15) is 24.0 Å². The summed E-state index contributed by atoms with van der Waals surface area (Å²) in [5, 5.41) is 3.03.